The minimum absolute atomic E-state index is 0.0147. The molecule has 0 spiro atoms. The Morgan fingerprint density at radius 2 is 1.50 bits per heavy atom. The molecular weight excluding hydrogens is 496 g/mol. The van der Waals surface area contributed by atoms with E-state index < -0.39 is 53.0 Å². The van der Waals surface area contributed by atoms with Crippen molar-refractivity contribution in [1.82, 2.24) is 9.97 Å². The van der Waals surface area contributed by atoms with E-state index in [1.165, 1.54) is 36.5 Å². The number of hydrogen-bond donors (Lipinski definition) is 5. The maximum atomic E-state index is 13.5. The minimum atomic E-state index is -5.21. The SMILES string of the molecule is N=C(N)Cc1c(C(F)(F)F)cc(NC(=O)Nc2ccc(Oc3ccnc(N)n3)cc2)cc1C(F)(F)F. The standard InChI is InChI=1S/C21H17F6N7O2/c22-20(23,24)14-7-11(8-15(21(25,26)27)13(14)9-16(28)29)33-19(35)32-10-1-3-12(4-2-10)36-17-5-6-31-18(30)34-17/h1-8H,9H2,(H3,28,29)(H2,30,31,34)(H2,32,33,35). The average Bonchev–Trinajstić information content (AvgIpc) is 2.74. The molecule has 0 aliphatic carbocycles. The van der Waals surface area contributed by atoms with Crippen molar-refractivity contribution in [2.24, 2.45) is 5.73 Å². The van der Waals surface area contributed by atoms with Gasteiger partial charge in [0.1, 0.15) is 5.75 Å². The first-order chi connectivity index (χ1) is 16.7. The largest absolute Gasteiger partial charge is 0.439 e. The van der Waals surface area contributed by atoms with E-state index in [-0.39, 0.29) is 17.5 Å². The molecule has 1 heterocycles. The first kappa shape index (κ1) is 26.1. The van der Waals surface area contributed by atoms with Crippen LogP contribution in [-0.2, 0) is 18.8 Å². The number of amidine groups is 1. The normalized spacial score (nSPS) is 11.6. The second-order valence-corrected chi connectivity index (χ2v) is 7.21. The third-order valence-corrected chi connectivity index (χ3v) is 4.47. The zero-order chi connectivity index (χ0) is 26.7. The fourth-order valence-corrected chi connectivity index (χ4v) is 3.06. The first-order valence-corrected chi connectivity index (χ1v) is 9.81. The molecular formula is C21H17F6N7O2. The van der Waals surface area contributed by atoms with E-state index in [4.69, 9.17) is 21.6 Å². The van der Waals surface area contributed by atoms with Crippen LogP contribution in [0.3, 0.4) is 0 Å². The number of rotatable bonds is 6. The highest BCUT2D eigenvalue weighted by molar-refractivity contribution is 6.00. The number of urea groups is 1. The second-order valence-electron chi connectivity index (χ2n) is 7.21. The van der Waals surface area contributed by atoms with Crippen LogP contribution in [0.15, 0.2) is 48.7 Å². The summed E-state index contributed by atoms with van der Waals surface area (Å²) in [7, 11) is 0. The molecule has 7 N–H and O–H groups in total. The van der Waals surface area contributed by atoms with Crippen LogP contribution in [0.2, 0.25) is 0 Å². The summed E-state index contributed by atoms with van der Waals surface area (Å²) < 4.78 is 86.5. The number of hydrogen-bond acceptors (Lipinski definition) is 6. The number of nitrogens with two attached hydrogens (primary N) is 2. The number of aromatic nitrogens is 2. The topological polar surface area (TPSA) is 152 Å². The van der Waals surface area contributed by atoms with Crippen LogP contribution in [0, 0.1) is 5.41 Å². The van der Waals surface area contributed by atoms with Gasteiger partial charge in [-0.3, -0.25) is 5.41 Å². The highest BCUT2D eigenvalue weighted by atomic mass is 19.4. The van der Waals surface area contributed by atoms with Crippen molar-refractivity contribution in [2.75, 3.05) is 16.4 Å². The molecule has 36 heavy (non-hydrogen) atoms. The average molecular weight is 513 g/mol. The zero-order valence-corrected chi connectivity index (χ0v) is 18.0. The molecule has 15 heteroatoms. The number of amides is 2. The predicted octanol–water partition coefficient (Wildman–Crippen LogP) is 5.01. The van der Waals surface area contributed by atoms with Gasteiger partial charge in [0.2, 0.25) is 11.8 Å². The first-order valence-electron chi connectivity index (χ1n) is 9.81. The minimum Gasteiger partial charge on any atom is -0.439 e. The van der Waals surface area contributed by atoms with Crippen molar-refractivity contribution in [1.29, 1.82) is 5.41 Å². The van der Waals surface area contributed by atoms with Crippen LogP contribution in [0.5, 0.6) is 11.6 Å². The van der Waals surface area contributed by atoms with Crippen LogP contribution < -0.4 is 26.8 Å². The van der Waals surface area contributed by atoms with E-state index in [1.54, 1.807) is 0 Å². The zero-order valence-electron chi connectivity index (χ0n) is 18.0. The molecule has 3 rings (SSSR count). The number of nitrogens with one attached hydrogen (secondary N) is 3. The third-order valence-electron chi connectivity index (χ3n) is 4.47. The molecule has 0 radical (unpaired) electrons. The number of alkyl halides is 6. The van der Waals surface area contributed by atoms with Gasteiger partial charge in [-0.2, -0.15) is 31.3 Å². The summed E-state index contributed by atoms with van der Waals surface area (Å²) in [6.07, 6.45) is -10.1. The van der Waals surface area contributed by atoms with Crippen LogP contribution in [0.4, 0.5) is 48.5 Å². The smallest absolute Gasteiger partial charge is 0.416 e. The van der Waals surface area contributed by atoms with E-state index in [1.807, 2.05) is 5.32 Å². The molecule has 0 aliphatic heterocycles. The number of ether oxygens (including phenoxy) is 1. The lowest BCUT2D eigenvalue weighted by atomic mass is 9.95. The van der Waals surface area contributed by atoms with Gasteiger partial charge in [-0.1, -0.05) is 0 Å². The molecule has 0 bridgehead atoms. The lowest BCUT2D eigenvalue weighted by Gasteiger charge is -2.20. The molecule has 2 amide bonds. The number of anilines is 3. The Bertz CT molecular complexity index is 1240. The molecule has 2 aromatic carbocycles. The summed E-state index contributed by atoms with van der Waals surface area (Å²) in [5, 5.41) is 11.4. The molecule has 190 valence electrons. The Morgan fingerprint density at radius 3 is 2.00 bits per heavy atom. The summed E-state index contributed by atoms with van der Waals surface area (Å²) in [6.45, 7) is 0. The van der Waals surface area contributed by atoms with Gasteiger partial charge in [0.25, 0.3) is 0 Å². The summed E-state index contributed by atoms with van der Waals surface area (Å²) in [6, 6.07) is 6.63. The Labute approximate surface area is 199 Å². The summed E-state index contributed by atoms with van der Waals surface area (Å²) >= 11 is 0. The Hall–Kier alpha value is -4.56. The van der Waals surface area contributed by atoms with Gasteiger partial charge < -0.3 is 26.8 Å². The van der Waals surface area contributed by atoms with Crippen molar-refractivity contribution < 1.29 is 35.9 Å². The molecule has 0 saturated carbocycles. The van der Waals surface area contributed by atoms with Crippen molar-refractivity contribution in [3.05, 3.63) is 65.4 Å². The van der Waals surface area contributed by atoms with Gasteiger partial charge in [0, 0.05) is 30.1 Å². The quantitative estimate of drug-likeness (QED) is 0.178. The number of benzene rings is 2. The fourth-order valence-electron chi connectivity index (χ4n) is 3.06. The van der Waals surface area contributed by atoms with E-state index in [9.17, 15) is 31.1 Å². The second kappa shape index (κ2) is 9.97. The third kappa shape index (κ3) is 6.74. The number of nitrogen functional groups attached to an aromatic ring is 1. The molecule has 9 nitrogen and oxygen atoms in total. The van der Waals surface area contributed by atoms with E-state index in [0.717, 1.165) is 0 Å². The van der Waals surface area contributed by atoms with Gasteiger partial charge in [-0.05, 0) is 42.0 Å². The van der Waals surface area contributed by atoms with Crippen molar-refractivity contribution in [3.8, 4) is 11.6 Å². The van der Waals surface area contributed by atoms with E-state index in [0.29, 0.717) is 17.9 Å². The Balaban J connectivity index is 1.80. The highest BCUT2D eigenvalue weighted by Crippen LogP contribution is 2.41. The maximum absolute atomic E-state index is 13.5. The van der Waals surface area contributed by atoms with E-state index >= 15 is 0 Å². The molecule has 0 unspecified atom stereocenters. The number of carbonyl (C=O) groups is 1. The van der Waals surface area contributed by atoms with Gasteiger partial charge in [0.15, 0.2) is 0 Å². The molecule has 0 saturated heterocycles. The maximum Gasteiger partial charge on any atom is 0.416 e. The fraction of sp³-hybridized carbons (Fsp3) is 0.143. The summed E-state index contributed by atoms with van der Waals surface area (Å²) in [5.41, 5.74) is 5.35. The van der Waals surface area contributed by atoms with Gasteiger partial charge >= 0.3 is 18.4 Å². The van der Waals surface area contributed by atoms with Crippen LogP contribution in [0.25, 0.3) is 0 Å². The molecule has 0 atom stereocenters. The van der Waals surface area contributed by atoms with E-state index in [2.05, 4.69) is 15.3 Å². The molecule has 0 aliphatic rings. The van der Waals surface area contributed by atoms with Gasteiger partial charge in [0.05, 0.1) is 17.0 Å². The molecule has 3 aromatic rings. The van der Waals surface area contributed by atoms with Crippen LogP contribution >= 0.6 is 0 Å². The number of carbonyl (C=O) groups excluding carboxylic acids is 1. The van der Waals surface area contributed by atoms with Crippen LogP contribution in [-0.4, -0.2) is 21.8 Å². The van der Waals surface area contributed by atoms with Crippen molar-refractivity contribution in [2.45, 2.75) is 18.8 Å². The van der Waals surface area contributed by atoms with Crippen LogP contribution in [0.1, 0.15) is 16.7 Å². The lowest BCUT2D eigenvalue weighted by molar-refractivity contribution is -0.144. The highest BCUT2D eigenvalue weighted by Gasteiger charge is 2.41. The summed E-state index contributed by atoms with van der Waals surface area (Å²) in [4.78, 5) is 19.8. The Kier molecular flexibility index (Phi) is 7.22. The monoisotopic (exact) mass is 513 g/mol. The number of nitrogens with zero attached hydrogens (tertiary/aromatic N) is 2. The summed E-state index contributed by atoms with van der Waals surface area (Å²) in [5.74, 6) is -0.459. The molecule has 1 aromatic heterocycles. The Morgan fingerprint density at radius 1 is 0.944 bits per heavy atom. The number of halogens is 6. The van der Waals surface area contributed by atoms with Crippen molar-refractivity contribution in [3.63, 3.8) is 0 Å². The van der Waals surface area contributed by atoms with Gasteiger partial charge in [-0.25, -0.2) is 9.78 Å². The molecule has 0 fully saturated rings. The predicted molar refractivity (Wildman–Crippen MR) is 118 cm³/mol. The van der Waals surface area contributed by atoms with Crippen molar-refractivity contribution >= 4 is 29.2 Å². The lowest BCUT2D eigenvalue weighted by Crippen LogP contribution is -2.24. The van der Waals surface area contributed by atoms with Gasteiger partial charge in [-0.15, -0.1) is 0 Å².